The van der Waals surface area contributed by atoms with Crippen LogP contribution in [0.15, 0.2) is 30.3 Å². The summed E-state index contributed by atoms with van der Waals surface area (Å²) >= 11 is 0. The summed E-state index contributed by atoms with van der Waals surface area (Å²) in [7, 11) is -2.96. The summed E-state index contributed by atoms with van der Waals surface area (Å²) in [6, 6.07) is 9.05. The lowest BCUT2D eigenvalue weighted by Gasteiger charge is -2.10. The highest BCUT2D eigenvalue weighted by atomic mass is 32.2. The van der Waals surface area contributed by atoms with Gasteiger partial charge in [0.25, 0.3) is 0 Å². The fourth-order valence-electron chi connectivity index (χ4n) is 3.65. The van der Waals surface area contributed by atoms with Crippen molar-refractivity contribution in [2.45, 2.75) is 26.3 Å². The lowest BCUT2D eigenvalue weighted by molar-refractivity contribution is 0.480. The van der Waals surface area contributed by atoms with Crippen LogP contribution in [0.25, 0.3) is 23.1 Å². The van der Waals surface area contributed by atoms with E-state index in [1.54, 1.807) is 12.1 Å². The van der Waals surface area contributed by atoms with Gasteiger partial charge in [0.2, 0.25) is 0 Å². The van der Waals surface area contributed by atoms with Gasteiger partial charge in [-0.1, -0.05) is 18.2 Å². The fourth-order valence-corrected chi connectivity index (χ4v) is 5.34. The Labute approximate surface area is 158 Å². The summed E-state index contributed by atoms with van der Waals surface area (Å²) in [6.45, 7) is 3.89. The number of fused-ring (bicyclic) bond motifs is 1. The number of phenolic OH excluding ortho intramolecular Hbond substituents is 1. The monoisotopic (exact) mass is 383 g/mol. The fraction of sp³-hybridized carbons (Fsp3) is 0.300. The molecule has 3 aromatic rings. The molecule has 7 heteroatoms. The van der Waals surface area contributed by atoms with Crippen LogP contribution in [0.5, 0.6) is 5.75 Å². The predicted octanol–water partition coefficient (Wildman–Crippen LogP) is 3.28. The Morgan fingerprint density at radius 1 is 1.19 bits per heavy atom. The van der Waals surface area contributed by atoms with E-state index >= 15 is 0 Å². The number of hydrogen-bond donors (Lipinski definition) is 1. The third-order valence-corrected chi connectivity index (χ3v) is 6.83. The highest BCUT2D eigenvalue weighted by molar-refractivity contribution is 7.91. The Bertz CT molecular complexity index is 1160. The minimum atomic E-state index is -2.96. The van der Waals surface area contributed by atoms with Crippen LogP contribution in [0.4, 0.5) is 0 Å². The van der Waals surface area contributed by atoms with Gasteiger partial charge in [-0.3, -0.25) is 4.68 Å². The molecule has 0 unspecified atom stereocenters. The minimum Gasteiger partial charge on any atom is -0.506 e. The largest absolute Gasteiger partial charge is 0.506 e. The molecule has 3 heterocycles. The molecule has 1 aromatic carbocycles. The van der Waals surface area contributed by atoms with Gasteiger partial charge in [-0.2, -0.15) is 5.10 Å². The summed E-state index contributed by atoms with van der Waals surface area (Å²) in [4.78, 5) is 4.51. The highest BCUT2D eigenvalue weighted by Crippen LogP contribution is 2.28. The van der Waals surface area contributed by atoms with Gasteiger partial charge in [0.15, 0.2) is 9.84 Å². The van der Waals surface area contributed by atoms with Crippen LogP contribution < -0.4 is 0 Å². The smallest absolute Gasteiger partial charge is 0.152 e. The first-order chi connectivity index (χ1) is 12.8. The second-order valence-corrected chi connectivity index (χ2v) is 9.23. The van der Waals surface area contributed by atoms with Crippen LogP contribution in [0.2, 0.25) is 0 Å². The van der Waals surface area contributed by atoms with Gasteiger partial charge in [-0.05, 0) is 44.6 Å². The SMILES string of the molecule is Cc1nn([C@@H]2CCS(=O)(=O)C2)c(C)c1/C=C/c1ccc2cccc(O)c2n1. The average molecular weight is 383 g/mol. The Morgan fingerprint density at radius 3 is 2.74 bits per heavy atom. The van der Waals surface area contributed by atoms with Crippen molar-refractivity contribution in [3.8, 4) is 5.75 Å². The molecule has 1 aliphatic rings. The molecular formula is C20H21N3O3S. The lowest BCUT2D eigenvalue weighted by Crippen LogP contribution is -2.13. The van der Waals surface area contributed by atoms with Gasteiger partial charge in [-0.15, -0.1) is 0 Å². The molecule has 0 radical (unpaired) electrons. The van der Waals surface area contributed by atoms with Gasteiger partial charge in [0.05, 0.1) is 28.9 Å². The molecule has 1 saturated heterocycles. The molecule has 1 atom stereocenters. The topological polar surface area (TPSA) is 85.1 Å². The number of para-hydroxylation sites is 1. The van der Waals surface area contributed by atoms with Gasteiger partial charge < -0.3 is 5.11 Å². The van der Waals surface area contributed by atoms with E-state index in [1.165, 1.54) is 0 Å². The summed E-state index contributed by atoms with van der Waals surface area (Å²) in [6.07, 6.45) is 4.45. The van der Waals surface area contributed by atoms with E-state index < -0.39 is 9.84 Å². The molecule has 1 fully saturated rings. The van der Waals surface area contributed by atoms with Crippen molar-refractivity contribution in [2.24, 2.45) is 0 Å². The van der Waals surface area contributed by atoms with Crippen molar-refractivity contribution in [1.29, 1.82) is 0 Å². The standard InChI is InChI=1S/C20H21N3O3S/c1-13-18(14(2)23(22-13)17-10-11-27(25,26)12-17)9-8-16-7-6-15-4-3-5-19(24)20(15)21-16/h3-9,17,24H,10-12H2,1-2H3/b9-8+/t17-/m1/s1. The van der Waals surface area contributed by atoms with E-state index in [0.29, 0.717) is 11.9 Å². The van der Waals surface area contributed by atoms with E-state index in [9.17, 15) is 13.5 Å². The number of sulfone groups is 1. The number of pyridine rings is 1. The molecule has 140 valence electrons. The van der Waals surface area contributed by atoms with E-state index in [2.05, 4.69) is 10.1 Å². The average Bonchev–Trinajstić information content (AvgIpc) is 3.12. The van der Waals surface area contributed by atoms with Crippen LogP contribution in [0.1, 0.15) is 35.1 Å². The Balaban J connectivity index is 1.66. The second-order valence-electron chi connectivity index (χ2n) is 7.00. The van der Waals surface area contributed by atoms with Gasteiger partial charge in [-0.25, -0.2) is 13.4 Å². The molecule has 4 rings (SSSR count). The maximum absolute atomic E-state index is 11.8. The molecular weight excluding hydrogens is 362 g/mol. The third-order valence-electron chi connectivity index (χ3n) is 5.08. The summed E-state index contributed by atoms with van der Waals surface area (Å²) in [5.41, 5.74) is 4.09. The number of nitrogens with zero attached hydrogens (tertiary/aromatic N) is 3. The summed E-state index contributed by atoms with van der Waals surface area (Å²) < 4.78 is 25.4. The maximum Gasteiger partial charge on any atom is 0.152 e. The molecule has 0 amide bonds. The van der Waals surface area contributed by atoms with E-state index in [-0.39, 0.29) is 23.3 Å². The molecule has 1 aliphatic heterocycles. The van der Waals surface area contributed by atoms with Crippen molar-refractivity contribution in [1.82, 2.24) is 14.8 Å². The molecule has 0 aliphatic carbocycles. The zero-order chi connectivity index (χ0) is 19.2. The number of aromatic hydroxyl groups is 1. The normalized spacial score (nSPS) is 19.3. The molecule has 0 spiro atoms. The molecule has 1 N–H and O–H groups in total. The molecule has 0 bridgehead atoms. The van der Waals surface area contributed by atoms with Crippen LogP contribution >= 0.6 is 0 Å². The Hall–Kier alpha value is -2.67. The molecule has 27 heavy (non-hydrogen) atoms. The second kappa shape index (κ2) is 6.49. The van der Waals surface area contributed by atoms with Crippen LogP contribution in [-0.4, -0.2) is 39.8 Å². The number of phenols is 1. The summed E-state index contributed by atoms with van der Waals surface area (Å²) in [5, 5.41) is 15.4. The van der Waals surface area contributed by atoms with E-state index in [4.69, 9.17) is 0 Å². The Morgan fingerprint density at radius 2 is 2.00 bits per heavy atom. The molecule has 6 nitrogen and oxygen atoms in total. The molecule has 2 aromatic heterocycles. The first kappa shape index (κ1) is 17.7. The highest BCUT2D eigenvalue weighted by Gasteiger charge is 2.31. The maximum atomic E-state index is 11.8. The number of benzene rings is 1. The molecule has 0 saturated carbocycles. The zero-order valence-corrected chi connectivity index (χ0v) is 16.1. The Kier molecular flexibility index (Phi) is 4.26. The summed E-state index contributed by atoms with van der Waals surface area (Å²) in [5.74, 6) is 0.542. The predicted molar refractivity (Wildman–Crippen MR) is 106 cm³/mol. The van der Waals surface area contributed by atoms with Crippen molar-refractivity contribution in [3.05, 3.63) is 53.0 Å². The third kappa shape index (κ3) is 3.35. The number of aryl methyl sites for hydroxylation is 1. The first-order valence-corrected chi connectivity index (χ1v) is 10.7. The lowest BCUT2D eigenvalue weighted by atomic mass is 10.1. The first-order valence-electron chi connectivity index (χ1n) is 8.87. The van der Waals surface area contributed by atoms with Crippen LogP contribution in [0.3, 0.4) is 0 Å². The van der Waals surface area contributed by atoms with Gasteiger partial charge in [0.1, 0.15) is 11.3 Å². The van der Waals surface area contributed by atoms with E-state index in [0.717, 1.165) is 28.0 Å². The van der Waals surface area contributed by atoms with Crippen molar-refractivity contribution < 1.29 is 13.5 Å². The van der Waals surface area contributed by atoms with E-state index in [1.807, 2.05) is 48.9 Å². The quantitative estimate of drug-likeness (QED) is 0.750. The number of rotatable bonds is 3. The van der Waals surface area contributed by atoms with Crippen LogP contribution in [-0.2, 0) is 9.84 Å². The number of aromatic nitrogens is 3. The van der Waals surface area contributed by atoms with Gasteiger partial charge in [0, 0.05) is 16.6 Å². The minimum absolute atomic E-state index is 0.0911. The zero-order valence-electron chi connectivity index (χ0n) is 15.3. The van der Waals surface area contributed by atoms with Crippen molar-refractivity contribution in [3.63, 3.8) is 0 Å². The van der Waals surface area contributed by atoms with Crippen molar-refractivity contribution >= 4 is 32.9 Å². The number of hydrogen-bond acceptors (Lipinski definition) is 5. The van der Waals surface area contributed by atoms with Crippen molar-refractivity contribution in [2.75, 3.05) is 11.5 Å². The van der Waals surface area contributed by atoms with Gasteiger partial charge >= 0.3 is 0 Å². The van der Waals surface area contributed by atoms with Crippen LogP contribution in [0, 0.1) is 13.8 Å².